The summed E-state index contributed by atoms with van der Waals surface area (Å²) in [5.41, 5.74) is 1.90. The van der Waals surface area contributed by atoms with E-state index in [0.29, 0.717) is 31.2 Å². The van der Waals surface area contributed by atoms with Crippen molar-refractivity contribution < 1.29 is 23.4 Å². The summed E-state index contributed by atoms with van der Waals surface area (Å²) in [4.78, 5) is 14.2. The summed E-state index contributed by atoms with van der Waals surface area (Å²) in [7, 11) is 1.57. The molecule has 5 nitrogen and oxygen atoms in total. The van der Waals surface area contributed by atoms with Crippen LogP contribution in [0.3, 0.4) is 0 Å². The zero-order valence-electron chi connectivity index (χ0n) is 14.9. The molecular weight excluding hydrogens is 337 g/mol. The number of carbonyl (C=O) groups excluding carboxylic acids is 1. The van der Waals surface area contributed by atoms with Crippen LogP contribution in [0.4, 0.5) is 4.39 Å². The number of amides is 1. The second kappa shape index (κ2) is 8.19. The third-order valence-electron chi connectivity index (χ3n) is 4.33. The van der Waals surface area contributed by atoms with E-state index in [9.17, 15) is 9.18 Å². The van der Waals surface area contributed by atoms with Crippen molar-refractivity contribution in [1.29, 1.82) is 0 Å². The number of hydrogen-bond donors (Lipinski definition) is 0. The number of benzene rings is 2. The lowest BCUT2D eigenvalue weighted by Crippen LogP contribution is -2.44. The lowest BCUT2D eigenvalue weighted by molar-refractivity contribution is -0.141. The number of morpholine rings is 1. The molecule has 1 atom stereocenters. The van der Waals surface area contributed by atoms with Crippen molar-refractivity contribution in [2.45, 2.75) is 13.0 Å². The van der Waals surface area contributed by atoms with Gasteiger partial charge in [-0.2, -0.15) is 0 Å². The average molecular weight is 359 g/mol. The molecule has 1 aliphatic rings. The number of nitrogens with zero attached hydrogens (tertiary/aromatic N) is 1. The Morgan fingerprint density at radius 1 is 1.23 bits per heavy atom. The molecule has 3 rings (SSSR count). The number of ether oxygens (including phenoxy) is 3. The second-order valence-corrected chi connectivity index (χ2v) is 6.19. The van der Waals surface area contributed by atoms with E-state index in [0.717, 1.165) is 11.1 Å². The number of hydrogen-bond acceptors (Lipinski definition) is 4. The van der Waals surface area contributed by atoms with Crippen molar-refractivity contribution in [2.24, 2.45) is 0 Å². The molecule has 1 unspecified atom stereocenters. The van der Waals surface area contributed by atoms with Gasteiger partial charge in [0.1, 0.15) is 11.9 Å². The zero-order chi connectivity index (χ0) is 18.5. The monoisotopic (exact) mass is 359 g/mol. The summed E-state index contributed by atoms with van der Waals surface area (Å²) in [6.07, 6.45) is -0.262. The van der Waals surface area contributed by atoms with Gasteiger partial charge in [0, 0.05) is 6.54 Å². The first-order valence-electron chi connectivity index (χ1n) is 8.49. The number of rotatable bonds is 5. The highest BCUT2D eigenvalue weighted by atomic mass is 19.1. The summed E-state index contributed by atoms with van der Waals surface area (Å²) < 4.78 is 29.7. The summed E-state index contributed by atoms with van der Waals surface area (Å²) in [5.74, 6) is 0.722. The van der Waals surface area contributed by atoms with Gasteiger partial charge in [0.2, 0.25) is 0 Å². The summed E-state index contributed by atoms with van der Waals surface area (Å²) in [5, 5.41) is 0. The molecule has 1 aliphatic heterocycles. The second-order valence-electron chi connectivity index (χ2n) is 6.19. The van der Waals surface area contributed by atoms with E-state index in [2.05, 4.69) is 0 Å². The molecule has 2 aromatic rings. The molecule has 6 heteroatoms. The molecular formula is C20H22FNO4. The number of methoxy groups -OCH3 is 1. The normalized spacial score (nSPS) is 17.0. The summed E-state index contributed by atoms with van der Waals surface area (Å²) >= 11 is 0. The zero-order valence-corrected chi connectivity index (χ0v) is 14.9. The van der Waals surface area contributed by atoms with Crippen LogP contribution in [0.1, 0.15) is 17.2 Å². The first kappa shape index (κ1) is 18.2. The number of carbonyl (C=O) groups is 1. The molecule has 1 heterocycles. The van der Waals surface area contributed by atoms with Crippen molar-refractivity contribution >= 4 is 5.91 Å². The quantitative estimate of drug-likeness (QED) is 0.823. The molecule has 2 aromatic carbocycles. The minimum absolute atomic E-state index is 0.0739. The minimum Gasteiger partial charge on any atom is -0.493 e. The fourth-order valence-electron chi connectivity index (χ4n) is 2.88. The van der Waals surface area contributed by atoms with Crippen molar-refractivity contribution in [3.8, 4) is 11.5 Å². The maximum absolute atomic E-state index is 13.1. The Balaban J connectivity index is 1.60. The van der Waals surface area contributed by atoms with Gasteiger partial charge in [-0.05, 0) is 42.3 Å². The van der Waals surface area contributed by atoms with Crippen LogP contribution < -0.4 is 9.47 Å². The van der Waals surface area contributed by atoms with Crippen molar-refractivity contribution in [3.05, 3.63) is 59.4 Å². The van der Waals surface area contributed by atoms with Crippen LogP contribution in [-0.2, 0) is 9.53 Å². The standard InChI is InChI=1S/C20H22FNO4/c1-14-3-8-17(18(11-14)24-2)26-13-20(23)22-9-10-25-19(12-22)15-4-6-16(21)7-5-15/h3-8,11,19H,9-10,12-13H2,1-2H3. The van der Waals surface area contributed by atoms with E-state index in [1.54, 1.807) is 30.2 Å². The molecule has 0 N–H and O–H groups in total. The van der Waals surface area contributed by atoms with E-state index in [4.69, 9.17) is 14.2 Å². The van der Waals surface area contributed by atoms with E-state index >= 15 is 0 Å². The Kier molecular flexibility index (Phi) is 5.73. The molecule has 0 spiro atoms. The van der Waals surface area contributed by atoms with Gasteiger partial charge in [-0.15, -0.1) is 0 Å². The Morgan fingerprint density at radius 2 is 2.00 bits per heavy atom. The highest BCUT2D eigenvalue weighted by Crippen LogP contribution is 2.28. The third kappa shape index (κ3) is 4.32. The highest BCUT2D eigenvalue weighted by molar-refractivity contribution is 5.78. The number of aryl methyl sites for hydroxylation is 1. The molecule has 26 heavy (non-hydrogen) atoms. The molecule has 0 aliphatic carbocycles. The van der Waals surface area contributed by atoms with Gasteiger partial charge in [0.25, 0.3) is 5.91 Å². The minimum atomic E-state index is -0.294. The van der Waals surface area contributed by atoms with E-state index in [1.165, 1.54) is 12.1 Å². The molecule has 1 amide bonds. The predicted octanol–water partition coefficient (Wildman–Crippen LogP) is 3.12. The lowest BCUT2D eigenvalue weighted by Gasteiger charge is -2.33. The van der Waals surface area contributed by atoms with E-state index in [1.807, 2.05) is 19.1 Å². The van der Waals surface area contributed by atoms with Gasteiger partial charge in [0.05, 0.1) is 20.3 Å². The van der Waals surface area contributed by atoms with E-state index in [-0.39, 0.29) is 24.4 Å². The van der Waals surface area contributed by atoms with Crippen LogP contribution in [0.25, 0.3) is 0 Å². The molecule has 1 saturated heterocycles. The van der Waals surface area contributed by atoms with Crippen LogP contribution in [0.2, 0.25) is 0 Å². The maximum atomic E-state index is 13.1. The lowest BCUT2D eigenvalue weighted by atomic mass is 10.1. The van der Waals surface area contributed by atoms with Gasteiger partial charge < -0.3 is 19.1 Å². The Bertz CT molecular complexity index is 763. The predicted molar refractivity (Wildman–Crippen MR) is 94.9 cm³/mol. The van der Waals surface area contributed by atoms with Crippen LogP contribution in [0, 0.1) is 12.7 Å². The highest BCUT2D eigenvalue weighted by Gasteiger charge is 2.25. The Morgan fingerprint density at radius 3 is 2.73 bits per heavy atom. The molecule has 138 valence electrons. The Hall–Kier alpha value is -2.60. The third-order valence-corrected chi connectivity index (χ3v) is 4.33. The van der Waals surface area contributed by atoms with Gasteiger partial charge in [-0.1, -0.05) is 18.2 Å². The SMILES string of the molecule is COc1cc(C)ccc1OCC(=O)N1CCOC(c2ccc(F)cc2)C1. The van der Waals surface area contributed by atoms with Gasteiger partial charge in [0.15, 0.2) is 18.1 Å². The molecule has 1 fully saturated rings. The first-order chi connectivity index (χ1) is 12.6. The fourth-order valence-corrected chi connectivity index (χ4v) is 2.88. The molecule has 0 aromatic heterocycles. The smallest absolute Gasteiger partial charge is 0.260 e. The molecule has 0 saturated carbocycles. The van der Waals surface area contributed by atoms with Crippen LogP contribution >= 0.6 is 0 Å². The Labute approximate surface area is 152 Å². The summed E-state index contributed by atoms with van der Waals surface area (Å²) in [6, 6.07) is 11.7. The van der Waals surface area contributed by atoms with Gasteiger partial charge in [-0.25, -0.2) is 4.39 Å². The van der Waals surface area contributed by atoms with Crippen LogP contribution in [-0.4, -0.2) is 44.2 Å². The largest absolute Gasteiger partial charge is 0.493 e. The van der Waals surface area contributed by atoms with Gasteiger partial charge >= 0.3 is 0 Å². The van der Waals surface area contributed by atoms with Crippen LogP contribution in [0.5, 0.6) is 11.5 Å². The van der Waals surface area contributed by atoms with Gasteiger partial charge in [-0.3, -0.25) is 4.79 Å². The fraction of sp³-hybridized carbons (Fsp3) is 0.350. The number of halogens is 1. The average Bonchev–Trinajstić information content (AvgIpc) is 2.67. The van der Waals surface area contributed by atoms with Crippen molar-refractivity contribution in [1.82, 2.24) is 4.90 Å². The summed E-state index contributed by atoms with van der Waals surface area (Å²) in [6.45, 7) is 3.24. The maximum Gasteiger partial charge on any atom is 0.260 e. The molecule has 0 radical (unpaired) electrons. The topological polar surface area (TPSA) is 48.0 Å². The van der Waals surface area contributed by atoms with Crippen LogP contribution in [0.15, 0.2) is 42.5 Å². The van der Waals surface area contributed by atoms with Crippen molar-refractivity contribution in [2.75, 3.05) is 33.4 Å². The van der Waals surface area contributed by atoms with E-state index < -0.39 is 0 Å². The van der Waals surface area contributed by atoms with Crippen molar-refractivity contribution in [3.63, 3.8) is 0 Å². The first-order valence-corrected chi connectivity index (χ1v) is 8.49. The molecule has 0 bridgehead atoms.